The fourth-order valence-corrected chi connectivity index (χ4v) is 5.24. The van der Waals surface area contributed by atoms with Crippen LogP contribution < -0.4 is 5.73 Å². The molecule has 2 N–H and O–H groups in total. The second-order valence-electron chi connectivity index (χ2n) is 10.1. The van der Waals surface area contributed by atoms with Crippen molar-refractivity contribution in [2.24, 2.45) is 16.6 Å². The van der Waals surface area contributed by atoms with Crippen molar-refractivity contribution in [1.82, 2.24) is 4.90 Å². The van der Waals surface area contributed by atoms with E-state index in [2.05, 4.69) is 122 Å². The van der Waals surface area contributed by atoms with Crippen LogP contribution in [0.1, 0.15) is 56.2 Å². The molecule has 0 spiro atoms. The molecule has 4 rings (SSSR count). The molecule has 0 aliphatic heterocycles. The number of nitrogens with two attached hydrogens (primary N) is 1. The van der Waals surface area contributed by atoms with Gasteiger partial charge < -0.3 is 10.6 Å². The first kappa shape index (κ1) is 27.7. The van der Waals surface area contributed by atoms with Gasteiger partial charge in [0.15, 0.2) is 0 Å². The van der Waals surface area contributed by atoms with Crippen molar-refractivity contribution in [1.29, 1.82) is 0 Å². The number of hydrogen-bond donors (Lipinski definition) is 1. The standard InChI is InChI=1S/C36H39N3/c1-6-14-34(32-22-12-18-28-16-8-10-20-30(28)32)38-36(33-23-13-19-29-17-9-11-21-31(29)33)39(5)35(15-7-2)26(3)24-25-27(4)37/h6-13,15-21,23,25-26,32H,2,22,24,37H2,1,3-5H3/b27-25+,35-15?,38-36?/t14?,26-,32?/m0/s1. The van der Waals surface area contributed by atoms with Crippen molar-refractivity contribution in [2.75, 3.05) is 7.05 Å². The zero-order valence-electron chi connectivity index (χ0n) is 23.6. The summed E-state index contributed by atoms with van der Waals surface area (Å²) >= 11 is 0. The van der Waals surface area contributed by atoms with Gasteiger partial charge in [0.05, 0.1) is 5.70 Å². The van der Waals surface area contributed by atoms with Gasteiger partial charge in [0.1, 0.15) is 5.84 Å². The lowest BCUT2D eigenvalue weighted by Gasteiger charge is -2.30. The molecule has 0 radical (unpaired) electrons. The summed E-state index contributed by atoms with van der Waals surface area (Å²) in [5.41, 5.74) is 16.0. The van der Waals surface area contributed by atoms with Crippen LogP contribution in [0.5, 0.6) is 0 Å². The smallest absolute Gasteiger partial charge is 0.141 e. The summed E-state index contributed by atoms with van der Waals surface area (Å²) in [6, 6.07) is 23.5. The molecule has 39 heavy (non-hydrogen) atoms. The van der Waals surface area contributed by atoms with Crippen LogP contribution >= 0.6 is 0 Å². The maximum absolute atomic E-state index is 5.99. The van der Waals surface area contributed by atoms with Crippen molar-refractivity contribution < 1.29 is 0 Å². The van der Waals surface area contributed by atoms with Crippen LogP contribution in [0.4, 0.5) is 0 Å². The third-order valence-corrected chi connectivity index (χ3v) is 7.21. The molecule has 0 amide bonds. The lowest BCUT2D eigenvalue weighted by atomic mass is 9.85. The molecular formula is C36H39N3. The molecule has 3 heteroatoms. The van der Waals surface area contributed by atoms with Gasteiger partial charge in [-0.2, -0.15) is 0 Å². The van der Waals surface area contributed by atoms with E-state index in [9.17, 15) is 0 Å². The van der Waals surface area contributed by atoms with Gasteiger partial charge in [-0.05, 0) is 66.7 Å². The summed E-state index contributed by atoms with van der Waals surface area (Å²) in [5, 5.41) is 2.35. The highest BCUT2D eigenvalue weighted by atomic mass is 15.2. The van der Waals surface area contributed by atoms with Crippen molar-refractivity contribution in [3.05, 3.63) is 143 Å². The second-order valence-corrected chi connectivity index (χ2v) is 10.1. The Morgan fingerprint density at radius 2 is 1.87 bits per heavy atom. The summed E-state index contributed by atoms with van der Waals surface area (Å²) in [6.45, 7) is 10.2. The summed E-state index contributed by atoms with van der Waals surface area (Å²) in [6.07, 6.45) is 14.2. The van der Waals surface area contributed by atoms with Crippen LogP contribution in [0.2, 0.25) is 0 Å². The fourth-order valence-electron chi connectivity index (χ4n) is 5.24. The quantitative estimate of drug-likeness (QED) is 0.142. The maximum Gasteiger partial charge on any atom is 0.141 e. The molecule has 3 aromatic rings. The number of fused-ring (bicyclic) bond motifs is 2. The number of rotatable bonds is 8. The Morgan fingerprint density at radius 1 is 1.13 bits per heavy atom. The lowest BCUT2D eigenvalue weighted by molar-refractivity contribution is 0.504. The van der Waals surface area contributed by atoms with Crippen LogP contribution in [-0.4, -0.2) is 17.8 Å². The van der Waals surface area contributed by atoms with Gasteiger partial charge >= 0.3 is 0 Å². The van der Waals surface area contributed by atoms with Gasteiger partial charge in [0.25, 0.3) is 0 Å². The van der Waals surface area contributed by atoms with Gasteiger partial charge in [-0.3, -0.25) is 0 Å². The summed E-state index contributed by atoms with van der Waals surface area (Å²) < 4.78 is 0. The highest BCUT2D eigenvalue weighted by Crippen LogP contribution is 2.36. The van der Waals surface area contributed by atoms with E-state index in [1.54, 1.807) is 0 Å². The van der Waals surface area contributed by atoms with Gasteiger partial charge in [-0.1, -0.05) is 105 Å². The van der Waals surface area contributed by atoms with Gasteiger partial charge in [0, 0.05) is 29.9 Å². The van der Waals surface area contributed by atoms with Crippen LogP contribution in [0, 0.1) is 5.92 Å². The number of hydrogen-bond acceptors (Lipinski definition) is 2. The molecule has 1 aliphatic carbocycles. The van der Waals surface area contributed by atoms with E-state index in [0.717, 1.165) is 46.7 Å². The molecule has 0 saturated carbocycles. The van der Waals surface area contributed by atoms with Gasteiger partial charge in [0.2, 0.25) is 0 Å². The Balaban J connectivity index is 1.93. The average molecular weight is 514 g/mol. The highest BCUT2D eigenvalue weighted by Gasteiger charge is 2.24. The number of benzene rings is 3. The first-order chi connectivity index (χ1) is 18.9. The molecular weight excluding hydrogens is 474 g/mol. The van der Waals surface area contributed by atoms with Crippen molar-refractivity contribution in [3.63, 3.8) is 0 Å². The van der Waals surface area contributed by atoms with E-state index in [4.69, 9.17) is 10.7 Å². The van der Waals surface area contributed by atoms with Crippen LogP contribution in [0.15, 0.2) is 132 Å². The second kappa shape index (κ2) is 13.0. The summed E-state index contributed by atoms with van der Waals surface area (Å²) in [7, 11) is 2.10. The van der Waals surface area contributed by atoms with Crippen LogP contribution in [0.25, 0.3) is 16.8 Å². The predicted molar refractivity (Wildman–Crippen MR) is 168 cm³/mol. The minimum absolute atomic E-state index is 0.118. The minimum atomic E-state index is 0.118. The van der Waals surface area contributed by atoms with E-state index >= 15 is 0 Å². The molecule has 0 bridgehead atoms. The summed E-state index contributed by atoms with van der Waals surface area (Å²) in [4.78, 5) is 7.68. The molecule has 1 aliphatic rings. The lowest BCUT2D eigenvalue weighted by Crippen LogP contribution is -2.30. The topological polar surface area (TPSA) is 41.6 Å². The van der Waals surface area contributed by atoms with Gasteiger partial charge in [-0.25, -0.2) is 4.99 Å². The Morgan fingerprint density at radius 3 is 2.64 bits per heavy atom. The third-order valence-electron chi connectivity index (χ3n) is 7.21. The van der Waals surface area contributed by atoms with E-state index < -0.39 is 0 Å². The number of allylic oxidation sites excluding steroid dienone is 7. The molecule has 1 unspecified atom stereocenters. The number of nitrogens with zero attached hydrogens (tertiary/aromatic N) is 2. The molecule has 198 valence electrons. The summed E-state index contributed by atoms with van der Waals surface area (Å²) in [5.74, 6) is 1.21. The monoisotopic (exact) mass is 513 g/mol. The Hall–Kier alpha value is -4.33. The molecule has 0 aromatic heterocycles. The van der Waals surface area contributed by atoms with E-state index in [1.165, 1.54) is 16.5 Å². The Labute approximate surface area is 233 Å². The Bertz CT molecular complexity index is 1520. The minimum Gasteiger partial charge on any atom is -0.403 e. The normalized spacial score (nSPS) is 16.3. The molecule has 0 fully saturated rings. The zero-order valence-corrected chi connectivity index (χ0v) is 23.6. The fraction of sp³-hybridized carbons (Fsp3) is 0.222. The van der Waals surface area contributed by atoms with E-state index in [-0.39, 0.29) is 11.8 Å². The average Bonchev–Trinajstić information content (AvgIpc) is 2.96. The highest BCUT2D eigenvalue weighted by molar-refractivity contribution is 6.10. The molecule has 3 aromatic carbocycles. The maximum atomic E-state index is 5.99. The molecule has 0 saturated heterocycles. The third kappa shape index (κ3) is 6.39. The first-order valence-corrected chi connectivity index (χ1v) is 13.7. The van der Waals surface area contributed by atoms with Crippen LogP contribution in [0.3, 0.4) is 0 Å². The van der Waals surface area contributed by atoms with E-state index in [1.807, 2.05) is 26.0 Å². The largest absolute Gasteiger partial charge is 0.403 e. The number of amidine groups is 1. The Kier molecular flexibility index (Phi) is 9.20. The molecule has 2 atom stereocenters. The predicted octanol–water partition coefficient (Wildman–Crippen LogP) is 8.74. The SMILES string of the molecule is C=CC=C([C@@H](C)C/C=C(\C)N)N(C)C(=NC(=C=CC)C1CC=Cc2ccccc21)c1cccc2ccccc12. The van der Waals surface area contributed by atoms with Crippen molar-refractivity contribution in [3.8, 4) is 0 Å². The van der Waals surface area contributed by atoms with Crippen molar-refractivity contribution in [2.45, 2.75) is 39.5 Å². The van der Waals surface area contributed by atoms with E-state index in [0.29, 0.717) is 0 Å². The molecule has 3 nitrogen and oxygen atoms in total. The zero-order chi connectivity index (χ0) is 27.8. The van der Waals surface area contributed by atoms with Gasteiger partial charge in [-0.15, -0.1) is 5.73 Å². The van der Waals surface area contributed by atoms with Crippen LogP contribution in [-0.2, 0) is 0 Å². The molecule has 0 heterocycles. The first-order valence-electron chi connectivity index (χ1n) is 13.7. The number of aliphatic imine (C=N–C) groups is 1. The van der Waals surface area contributed by atoms with Crippen molar-refractivity contribution >= 4 is 22.7 Å².